The van der Waals surface area contributed by atoms with Crippen molar-refractivity contribution < 1.29 is 19.4 Å². The minimum absolute atomic E-state index is 0.0736. The van der Waals surface area contributed by atoms with Crippen molar-refractivity contribution >= 4 is 22.7 Å². The highest BCUT2D eigenvalue weighted by Crippen LogP contribution is 2.34. The van der Waals surface area contributed by atoms with Gasteiger partial charge in [0.25, 0.3) is 5.91 Å². The largest absolute Gasteiger partial charge is 0.504 e. The molecular weight excluding hydrogens is 592 g/mol. The van der Waals surface area contributed by atoms with E-state index in [2.05, 4.69) is 10.6 Å². The molecule has 2 aliphatic rings. The molecule has 0 bridgehead atoms. The summed E-state index contributed by atoms with van der Waals surface area (Å²) in [7, 11) is 1.52. The minimum Gasteiger partial charge on any atom is -0.504 e. The molecule has 0 radical (unpaired) electrons. The molecule has 5 N–H and O–H groups in total. The molecule has 1 amide bonds. The summed E-state index contributed by atoms with van der Waals surface area (Å²) in [5.74, 6) is 0.952. The number of methoxy groups -OCH3 is 1. The average molecular weight is 633 g/mol. The maximum atomic E-state index is 13.8. The Labute approximate surface area is 274 Å². The number of nitrogens with one attached hydrogen (secondary N) is 2. The van der Waals surface area contributed by atoms with E-state index in [0.717, 1.165) is 65.0 Å². The maximum absolute atomic E-state index is 13.8. The molecular formula is C38H40N4O5. The number of hydrogen-bond acceptors (Lipinski definition) is 7. The number of hydrogen-bond donors (Lipinski definition) is 4. The number of carbonyl (C=O) groups is 1. The lowest BCUT2D eigenvalue weighted by atomic mass is 9.93. The lowest BCUT2D eigenvalue weighted by Crippen LogP contribution is -2.27. The monoisotopic (exact) mass is 632 g/mol. The summed E-state index contributed by atoms with van der Waals surface area (Å²) in [4.78, 5) is 27.5. The van der Waals surface area contributed by atoms with Crippen LogP contribution in [0, 0.1) is 19.8 Å². The predicted octanol–water partition coefficient (Wildman–Crippen LogP) is 5.84. The van der Waals surface area contributed by atoms with Crippen LogP contribution in [-0.2, 0) is 11.3 Å². The lowest BCUT2D eigenvalue weighted by Gasteiger charge is -2.24. The molecule has 3 heterocycles. The fourth-order valence-corrected chi connectivity index (χ4v) is 6.18. The summed E-state index contributed by atoms with van der Waals surface area (Å²) in [5.41, 5.74) is 13.6. The summed E-state index contributed by atoms with van der Waals surface area (Å²) >= 11 is 0. The number of aromatic hydroxyl groups is 1. The standard InChI is InChI=1S/C38H40N4O5/c1-23-4-6-26(7-5-23)32-21-42(20-25-12-14-47-15-13-25)22-33(36(32)44)38(45)41-29-9-10-30(24(2)16-29)31-17-28(19-40-37(31)39)27-8-11-34(43)35(18-27)46-3/h4-11,16-18,21-22,25,40,43H,12-15,19-20,39H2,1-3H3,(H,41,45). The molecule has 1 saturated heterocycles. The van der Waals surface area contributed by atoms with E-state index in [4.69, 9.17) is 15.2 Å². The smallest absolute Gasteiger partial charge is 0.261 e. The van der Waals surface area contributed by atoms with Crippen molar-refractivity contribution in [3.63, 3.8) is 0 Å². The average Bonchev–Trinajstić information content (AvgIpc) is 3.07. The number of anilines is 1. The van der Waals surface area contributed by atoms with Gasteiger partial charge in [-0.25, -0.2) is 0 Å². The van der Waals surface area contributed by atoms with Crippen LogP contribution >= 0.6 is 0 Å². The molecule has 47 heavy (non-hydrogen) atoms. The lowest BCUT2D eigenvalue weighted by molar-refractivity contribution is 0.0612. The van der Waals surface area contributed by atoms with E-state index in [9.17, 15) is 14.7 Å². The van der Waals surface area contributed by atoms with Crippen LogP contribution in [0.15, 0.2) is 89.7 Å². The number of nitrogens with zero attached hydrogens (tertiary/aromatic N) is 1. The Hall–Kier alpha value is -5.28. The van der Waals surface area contributed by atoms with Crippen LogP contribution < -0.4 is 26.5 Å². The Bertz CT molecular complexity index is 1930. The number of phenolic OH excluding ortho intramolecular Hbond substituents is 1. The van der Waals surface area contributed by atoms with Crippen molar-refractivity contribution in [3.8, 4) is 22.6 Å². The zero-order chi connectivity index (χ0) is 33.1. The molecule has 6 rings (SSSR count). The first-order chi connectivity index (χ1) is 22.7. The number of amides is 1. The Morgan fingerprint density at radius 1 is 1.02 bits per heavy atom. The van der Waals surface area contributed by atoms with Gasteiger partial charge in [-0.05, 0) is 90.8 Å². The summed E-state index contributed by atoms with van der Waals surface area (Å²) in [6.45, 7) is 6.62. The topological polar surface area (TPSA) is 128 Å². The molecule has 0 saturated carbocycles. The Morgan fingerprint density at radius 2 is 1.77 bits per heavy atom. The highest BCUT2D eigenvalue weighted by atomic mass is 16.5. The van der Waals surface area contributed by atoms with E-state index >= 15 is 0 Å². The number of phenols is 1. The number of aromatic nitrogens is 1. The number of allylic oxidation sites excluding steroid dienone is 2. The van der Waals surface area contributed by atoms with Crippen molar-refractivity contribution in [2.75, 3.05) is 32.2 Å². The van der Waals surface area contributed by atoms with Gasteiger partial charge in [0.05, 0.1) is 7.11 Å². The summed E-state index contributed by atoms with van der Waals surface area (Å²) in [6, 6.07) is 18.6. The molecule has 9 heteroatoms. The van der Waals surface area contributed by atoms with E-state index in [1.807, 2.05) is 79.2 Å². The van der Waals surface area contributed by atoms with Crippen LogP contribution in [0.5, 0.6) is 11.5 Å². The highest BCUT2D eigenvalue weighted by molar-refractivity contribution is 6.05. The predicted molar refractivity (Wildman–Crippen MR) is 185 cm³/mol. The molecule has 0 spiro atoms. The maximum Gasteiger partial charge on any atom is 0.261 e. The van der Waals surface area contributed by atoms with Gasteiger partial charge in [-0.2, -0.15) is 0 Å². The number of ether oxygens (including phenoxy) is 2. The molecule has 1 aromatic heterocycles. The van der Waals surface area contributed by atoms with Gasteiger partial charge in [0.2, 0.25) is 5.43 Å². The van der Waals surface area contributed by atoms with Gasteiger partial charge in [-0.1, -0.05) is 42.0 Å². The van der Waals surface area contributed by atoms with Crippen LogP contribution in [0.1, 0.15) is 45.5 Å². The van der Waals surface area contributed by atoms with Crippen molar-refractivity contribution in [1.82, 2.24) is 9.88 Å². The zero-order valence-corrected chi connectivity index (χ0v) is 26.9. The third-order valence-electron chi connectivity index (χ3n) is 8.90. The van der Waals surface area contributed by atoms with Gasteiger partial charge >= 0.3 is 0 Å². The normalized spacial score (nSPS) is 15.2. The number of pyridine rings is 1. The quantitative estimate of drug-likeness (QED) is 0.192. The van der Waals surface area contributed by atoms with Crippen LogP contribution in [0.4, 0.5) is 5.69 Å². The Kier molecular flexibility index (Phi) is 9.17. The molecule has 0 aliphatic carbocycles. The molecule has 2 aliphatic heterocycles. The van der Waals surface area contributed by atoms with Crippen LogP contribution in [-0.4, -0.2) is 42.4 Å². The van der Waals surface area contributed by atoms with Crippen molar-refractivity contribution in [2.45, 2.75) is 33.2 Å². The van der Waals surface area contributed by atoms with E-state index in [-0.39, 0.29) is 16.7 Å². The summed E-state index contributed by atoms with van der Waals surface area (Å²) in [6.07, 6.45) is 7.45. The van der Waals surface area contributed by atoms with Crippen molar-refractivity contribution in [2.24, 2.45) is 11.7 Å². The van der Waals surface area contributed by atoms with Gasteiger partial charge in [0.1, 0.15) is 11.4 Å². The van der Waals surface area contributed by atoms with Crippen LogP contribution in [0.25, 0.3) is 22.3 Å². The highest BCUT2D eigenvalue weighted by Gasteiger charge is 2.21. The number of benzene rings is 3. The van der Waals surface area contributed by atoms with Crippen LogP contribution in [0.3, 0.4) is 0 Å². The second-order valence-corrected chi connectivity index (χ2v) is 12.3. The molecule has 3 aromatic carbocycles. The second kappa shape index (κ2) is 13.6. The van der Waals surface area contributed by atoms with Gasteiger partial charge in [0, 0.05) is 55.5 Å². The van der Waals surface area contributed by atoms with E-state index in [0.29, 0.717) is 41.8 Å². The Balaban J connectivity index is 1.28. The third-order valence-corrected chi connectivity index (χ3v) is 8.90. The van der Waals surface area contributed by atoms with Crippen molar-refractivity contribution in [1.29, 1.82) is 0 Å². The van der Waals surface area contributed by atoms with Gasteiger partial charge in [-0.3, -0.25) is 9.59 Å². The number of dihydropyridines is 1. The van der Waals surface area contributed by atoms with Gasteiger partial charge in [-0.15, -0.1) is 0 Å². The van der Waals surface area contributed by atoms with E-state index < -0.39 is 5.91 Å². The number of rotatable bonds is 8. The minimum atomic E-state index is -0.460. The zero-order valence-electron chi connectivity index (χ0n) is 26.9. The molecule has 0 atom stereocenters. The van der Waals surface area contributed by atoms with Gasteiger partial charge in [0.15, 0.2) is 11.5 Å². The first-order valence-electron chi connectivity index (χ1n) is 15.8. The van der Waals surface area contributed by atoms with E-state index in [1.165, 1.54) is 7.11 Å². The van der Waals surface area contributed by atoms with Gasteiger partial charge < -0.3 is 35.5 Å². The second-order valence-electron chi connectivity index (χ2n) is 12.3. The first kappa shape index (κ1) is 31.7. The molecule has 242 valence electrons. The number of aryl methyl sites for hydroxylation is 2. The molecule has 4 aromatic rings. The van der Waals surface area contributed by atoms with E-state index in [1.54, 1.807) is 18.3 Å². The number of nitrogens with two attached hydrogens (primary N) is 1. The molecule has 1 fully saturated rings. The third kappa shape index (κ3) is 6.95. The molecule has 0 unspecified atom stereocenters. The first-order valence-corrected chi connectivity index (χ1v) is 15.8. The summed E-state index contributed by atoms with van der Waals surface area (Å²) < 4.78 is 12.8. The molecule has 9 nitrogen and oxygen atoms in total. The fraction of sp³-hybridized carbons (Fsp3) is 0.263. The van der Waals surface area contributed by atoms with Crippen molar-refractivity contribution in [3.05, 3.63) is 123 Å². The van der Waals surface area contributed by atoms with Crippen LogP contribution in [0.2, 0.25) is 0 Å². The summed E-state index contributed by atoms with van der Waals surface area (Å²) in [5, 5.41) is 16.3. The SMILES string of the molecule is COc1cc(C2=CC(c3ccc(NC(=O)c4cn(CC5CCOCC5)cc(-c5ccc(C)cc5)c4=O)cc3C)=C(N)NC2)ccc1O. The number of carbonyl (C=O) groups excluding carboxylic acids is 1. The fourth-order valence-electron chi connectivity index (χ4n) is 6.18. The Morgan fingerprint density at radius 3 is 2.49 bits per heavy atom.